The first-order valence-corrected chi connectivity index (χ1v) is 6.30. The Balaban J connectivity index is 2.88. The highest BCUT2D eigenvalue weighted by molar-refractivity contribution is 5.46. The minimum Gasteiger partial charge on any atom is -0.387 e. The minimum absolute atomic E-state index is 0.118. The lowest BCUT2D eigenvalue weighted by Crippen LogP contribution is -2.40. The van der Waals surface area contributed by atoms with Crippen LogP contribution in [-0.4, -0.2) is 22.7 Å². The van der Waals surface area contributed by atoms with Crippen molar-refractivity contribution in [3.63, 3.8) is 0 Å². The number of hydrogen-bond acceptors (Lipinski definition) is 3. The summed E-state index contributed by atoms with van der Waals surface area (Å²) >= 11 is 0. The molecule has 0 bridgehead atoms. The maximum Gasteiger partial charge on any atom is 0.0957 e. The van der Waals surface area contributed by atoms with E-state index in [1.807, 2.05) is 25.3 Å². The van der Waals surface area contributed by atoms with Crippen molar-refractivity contribution in [2.75, 3.05) is 11.9 Å². The first-order chi connectivity index (χ1) is 7.92. The van der Waals surface area contributed by atoms with Crippen LogP contribution in [0.3, 0.4) is 0 Å². The first kappa shape index (κ1) is 14.0. The zero-order valence-corrected chi connectivity index (χ0v) is 11.6. The van der Waals surface area contributed by atoms with Crippen molar-refractivity contribution in [3.05, 3.63) is 24.0 Å². The third-order valence-corrected chi connectivity index (χ3v) is 3.66. The maximum atomic E-state index is 9.69. The van der Waals surface area contributed by atoms with Crippen LogP contribution < -0.4 is 4.90 Å². The quantitative estimate of drug-likeness (QED) is 0.853. The number of aliphatic hydroxyl groups is 1. The fraction of sp³-hybridized carbons (Fsp3) is 0.643. The largest absolute Gasteiger partial charge is 0.387 e. The third-order valence-electron chi connectivity index (χ3n) is 3.66. The molecule has 3 heteroatoms. The van der Waals surface area contributed by atoms with Crippen molar-refractivity contribution in [1.82, 2.24) is 4.98 Å². The summed E-state index contributed by atoms with van der Waals surface area (Å²) in [5.41, 5.74) is 1.95. The zero-order chi connectivity index (χ0) is 13.1. The first-order valence-electron chi connectivity index (χ1n) is 6.30. The van der Waals surface area contributed by atoms with Gasteiger partial charge in [-0.15, -0.1) is 0 Å². The van der Waals surface area contributed by atoms with Crippen molar-refractivity contribution >= 4 is 5.69 Å². The van der Waals surface area contributed by atoms with Crippen LogP contribution >= 0.6 is 0 Å². The molecule has 1 aromatic heterocycles. The number of hydrogen-bond donors (Lipinski definition) is 1. The van der Waals surface area contributed by atoms with Crippen LogP contribution in [0.5, 0.6) is 0 Å². The second-order valence-corrected chi connectivity index (χ2v) is 5.09. The lowest BCUT2D eigenvalue weighted by atomic mass is 9.99. The highest BCUT2D eigenvalue weighted by Crippen LogP contribution is 2.25. The van der Waals surface area contributed by atoms with Gasteiger partial charge in [0, 0.05) is 12.6 Å². The second kappa shape index (κ2) is 5.50. The van der Waals surface area contributed by atoms with Crippen molar-refractivity contribution < 1.29 is 5.11 Å². The number of rotatable bonds is 5. The molecule has 0 aliphatic rings. The predicted molar refractivity (Wildman–Crippen MR) is 72.3 cm³/mol. The van der Waals surface area contributed by atoms with Crippen LogP contribution in [-0.2, 0) is 0 Å². The van der Waals surface area contributed by atoms with Gasteiger partial charge in [0.1, 0.15) is 0 Å². The summed E-state index contributed by atoms with van der Waals surface area (Å²) in [4.78, 5) is 6.55. The Labute approximate surface area is 104 Å². The Bertz CT molecular complexity index is 346. The fourth-order valence-electron chi connectivity index (χ4n) is 1.59. The van der Waals surface area contributed by atoms with E-state index in [1.165, 1.54) is 0 Å². The molecule has 0 spiro atoms. The van der Waals surface area contributed by atoms with E-state index in [1.54, 1.807) is 0 Å². The van der Waals surface area contributed by atoms with Gasteiger partial charge in [0.15, 0.2) is 0 Å². The Morgan fingerprint density at radius 1 is 1.35 bits per heavy atom. The van der Waals surface area contributed by atoms with E-state index < -0.39 is 6.10 Å². The molecule has 1 atom stereocenters. The van der Waals surface area contributed by atoms with Crippen LogP contribution in [0.4, 0.5) is 5.69 Å². The molecule has 1 heterocycles. The second-order valence-electron chi connectivity index (χ2n) is 5.09. The number of nitrogens with zero attached hydrogens (tertiary/aromatic N) is 2. The summed E-state index contributed by atoms with van der Waals surface area (Å²) in [6.45, 7) is 8.55. The summed E-state index contributed by atoms with van der Waals surface area (Å²) in [6, 6.07) is 3.93. The van der Waals surface area contributed by atoms with Gasteiger partial charge in [-0.2, -0.15) is 0 Å². The van der Waals surface area contributed by atoms with Gasteiger partial charge in [0.25, 0.3) is 0 Å². The van der Waals surface area contributed by atoms with Crippen LogP contribution in [0, 0.1) is 0 Å². The van der Waals surface area contributed by atoms with Crippen LogP contribution in [0.25, 0.3) is 0 Å². The van der Waals surface area contributed by atoms with E-state index in [9.17, 15) is 5.11 Å². The zero-order valence-electron chi connectivity index (χ0n) is 11.6. The molecule has 96 valence electrons. The summed E-state index contributed by atoms with van der Waals surface area (Å²) in [6.07, 6.45) is 3.16. The lowest BCUT2D eigenvalue weighted by Gasteiger charge is -2.36. The predicted octanol–water partition coefficient (Wildman–Crippen LogP) is 3.15. The van der Waals surface area contributed by atoms with Crippen molar-refractivity contribution in [2.24, 2.45) is 0 Å². The molecule has 0 amide bonds. The number of aromatic nitrogens is 1. The summed E-state index contributed by atoms with van der Waals surface area (Å²) < 4.78 is 0. The minimum atomic E-state index is -0.450. The number of aliphatic hydroxyl groups excluding tert-OH is 1. The van der Waals surface area contributed by atoms with Gasteiger partial charge in [-0.05, 0) is 38.8 Å². The van der Waals surface area contributed by atoms with Crippen LogP contribution in [0.15, 0.2) is 18.3 Å². The molecule has 0 unspecified atom stereocenters. The Hall–Kier alpha value is -1.09. The monoisotopic (exact) mass is 236 g/mol. The van der Waals surface area contributed by atoms with E-state index in [0.717, 1.165) is 17.8 Å². The molecule has 0 saturated carbocycles. The maximum absolute atomic E-state index is 9.69. The summed E-state index contributed by atoms with van der Waals surface area (Å²) in [7, 11) is 2.08. The molecule has 0 fully saturated rings. The standard InChI is InChI=1S/C14H24N2O/c1-6-13(17)12-9-8-11(10-15-12)16(5)14(3,4)7-2/h8-10,13,17H,6-7H2,1-5H3/t13-/m0/s1. The van der Waals surface area contributed by atoms with Crippen LogP contribution in [0.1, 0.15) is 52.3 Å². The van der Waals surface area contributed by atoms with Crippen LogP contribution in [0.2, 0.25) is 0 Å². The van der Waals surface area contributed by atoms with Crippen molar-refractivity contribution in [3.8, 4) is 0 Å². The van der Waals surface area contributed by atoms with Gasteiger partial charge in [-0.3, -0.25) is 4.98 Å². The molecular weight excluding hydrogens is 212 g/mol. The third kappa shape index (κ3) is 3.19. The number of pyridine rings is 1. The SMILES string of the molecule is CC[C@H](O)c1ccc(N(C)C(C)(C)CC)cn1. The van der Waals surface area contributed by atoms with Gasteiger partial charge in [0.2, 0.25) is 0 Å². The molecule has 3 nitrogen and oxygen atoms in total. The van der Waals surface area contributed by atoms with E-state index in [4.69, 9.17) is 0 Å². The highest BCUT2D eigenvalue weighted by atomic mass is 16.3. The molecule has 0 aliphatic heterocycles. The van der Waals surface area contributed by atoms with E-state index in [0.29, 0.717) is 6.42 Å². The smallest absolute Gasteiger partial charge is 0.0957 e. The Morgan fingerprint density at radius 3 is 2.41 bits per heavy atom. The lowest BCUT2D eigenvalue weighted by molar-refractivity contribution is 0.169. The molecule has 17 heavy (non-hydrogen) atoms. The molecule has 0 aliphatic carbocycles. The topological polar surface area (TPSA) is 36.4 Å². The van der Waals surface area contributed by atoms with Gasteiger partial charge in [-0.25, -0.2) is 0 Å². The van der Waals surface area contributed by atoms with Gasteiger partial charge >= 0.3 is 0 Å². The molecule has 0 aromatic carbocycles. The summed E-state index contributed by atoms with van der Waals surface area (Å²) in [5, 5.41) is 9.69. The molecule has 0 saturated heterocycles. The fourth-order valence-corrected chi connectivity index (χ4v) is 1.59. The molecule has 1 N–H and O–H groups in total. The van der Waals surface area contributed by atoms with Crippen molar-refractivity contribution in [1.29, 1.82) is 0 Å². The number of anilines is 1. The normalized spacial score (nSPS) is 13.5. The molecule has 0 radical (unpaired) electrons. The molecular formula is C14H24N2O. The van der Waals surface area contributed by atoms with Crippen molar-refractivity contribution in [2.45, 2.75) is 52.2 Å². The van der Waals surface area contributed by atoms with E-state index >= 15 is 0 Å². The van der Waals surface area contributed by atoms with Gasteiger partial charge in [0.05, 0.1) is 23.7 Å². The van der Waals surface area contributed by atoms with E-state index in [-0.39, 0.29) is 5.54 Å². The van der Waals surface area contributed by atoms with Gasteiger partial charge in [-0.1, -0.05) is 13.8 Å². The Morgan fingerprint density at radius 2 is 2.00 bits per heavy atom. The molecule has 1 aromatic rings. The average Bonchev–Trinajstić information content (AvgIpc) is 2.37. The van der Waals surface area contributed by atoms with E-state index in [2.05, 4.69) is 37.7 Å². The highest BCUT2D eigenvalue weighted by Gasteiger charge is 2.21. The summed E-state index contributed by atoms with van der Waals surface area (Å²) in [5.74, 6) is 0. The van der Waals surface area contributed by atoms with Gasteiger partial charge < -0.3 is 10.0 Å². The average molecular weight is 236 g/mol. The Kier molecular flexibility index (Phi) is 4.52. The molecule has 1 rings (SSSR count).